The molecule has 1 aromatic heterocycles. The summed E-state index contributed by atoms with van der Waals surface area (Å²) in [5.41, 5.74) is 13.1. The van der Waals surface area contributed by atoms with Crippen molar-refractivity contribution in [1.29, 1.82) is 0 Å². The standard InChI is InChI=1S/C19H19N5/c1-12-3-4-13(2)16(9-12)19-20-8-7-18(23-19)22-15-5-6-17-14(10-15)11-21-24-17/h3-10,21,24H,11H2,1-2H3,(H,20,22,23). The Morgan fingerprint density at radius 2 is 1.96 bits per heavy atom. The first-order chi connectivity index (χ1) is 11.7. The lowest BCUT2D eigenvalue weighted by atomic mass is 10.1. The first-order valence-corrected chi connectivity index (χ1v) is 7.98. The number of rotatable bonds is 3. The average molecular weight is 317 g/mol. The van der Waals surface area contributed by atoms with Gasteiger partial charge in [0, 0.05) is 24.0 Å². The zero-order chi connectivity index (χ0) is 16.5. The van der Waals surface area contributed by atoms with Crippen molar-refractivity contribution in [2.24, 2.45) is 0 Å². The fraction of sp³-hybridized carbons (Fsp3) is 0.158. The van der Waals surface area contributed by atoms with Gasteiger partial charge in [-0.15, -0.1) is 0 Å². The summed E-state index contributed by atoms with van der Waals surface area (Å²) in [6.45, 7) is 4.98. The molecule has 0 aliphatic carbocycles. The Bertz CT molecular complexity index is 904. The van der Waals surface area contributed by atoms with Crippen molar-refractivity contribution in [2.75, 3.05) is 10.7 Å². The molecule has 3 N–H and O–H groups in total. The van der Waals surface area contributed by atoms with Crippen molar-refractivity contribution in [3.8, 4) is 11.4 Å². The Hall–Kier alpha value is -2.92. The van der Waals surface area contributed by atoms with E-state index in [9.17, 15) is 0 Å². The number of hydrazine groups is 1. The van der Waals surface area contributed by atoms with E-state index in [4.69, 9.17) is 0 Å². The molecule has 5 nitrogen and oxygen atoms in total. The summed E-state index contributed by atoms with van der Waals surface area (Å²) in [4.78, 5) is 9.12. The minimum Gasteiger partial charge on any atom is -0.340 e. The zero-order valence-corrected chi connectivity index (χ0v) is 13.7. The van der Waals surface area contributed by atoms with E-state index in [0.717, 1.165) is 35.1 Å². The van der Waals surface area contributed by atoms with Gasteiger partial charge in [0.05, 0.1) is 5.69 Å². The van der Waals surface area contributed by atoms with Gasteiger partial charge in [0.15, 0.2) is 5.82 Å². The van der Waals surface area contributed by atoms with Crippen LogP contribution in [0.5, 0.6) is 0 Å². The van der Waals surface area contributed by atoms with Crippen LogP contribution in [0.3, 0.4) is 0 Å². The molecule has 4 rings (SSSR count). The van der Waals surface area contributed by atoms with Gasteiger partial charge in [-0.2, -0.15) is 0 Å². The molecule has 0 saturated heterocycles. The molecule has 0 amide bonds. The van der Waals surface area contributed by atoms with Crippen molar-refractivity contribution < 1.29 is 0 Å². The van der Waals surface area contributed by atoms with Crippen LogP contribution in [0, 0.1) is 13.8 Å². The van der Waals surface area contributed by atoms with Gasteiger partial charge >= 0.3 is 0 Å². The highest BCUT2D eigenvalue weighted by Gasteiger charge is 2.10. The molecule has 24 heavy (non-hydrogen) atoms. The lowest BCUT2D eigenvalue weighted by Gasteiger charge is -2.10. The molecular formula is C19H19N5. The zero-order valence-electron chi connectivity index (χ0n) is 13.7. The first kappa shape index (κ1) is 14.7. The number of hydrogen-bond donors (Lipinski definition) is 3. The van der Waals surface area contributed by atoms with Crippen LogP contribution in [-0.2, 0) is 6.54 Å². The molecule has 0 atom stereocenters. The molecule has 2 aromatic carbocycles. The number of fused-ring (bicyclic) bond motifs is 1. The monoisotopic (exact) mass is 317 g/mol. The van der Waals surface area contributed by atoms with Crippen LogP contribution in [0.15, 0.2) is 48.7 Å². The number of hydrogen-bond acceptors (Lipinski definition) is 5. The molecule has 3 aromatic rings. The highest BCUT2D eigenvalue weighted by Crippen LogP contribution is 2.26. The van der Waals surface area contributed by atoms with Gasteiger partial charge < -0.3 is 10.7 Å². The number of anilines is 3. The number of benzene rings is 2. The molecule has 0 bridgehead atoms. The molecule has 2 heterocycles. The van der Waals surface area contributed by atoms with E-state index in [2.05, 4.69) is 70.3 Å². The number of aryl methyl sites for hydroxylation is 2. The number of nitrogens with one attached hydrogen (secondary N) is 3. The van der Waals surface area contributed by atoms with Crippen molar-refractivity contribution in [3.63, 3.8) is 0 Å². The van der Waals surface area contributed by atoms with E-state index in [1.165, 1.54) is 16.7 Å². The maximum absolute atomic E-state index is 4.68. The van der Waals surface area contributed by atoms with Crippen LogP contribution in [0.1, 0.15) is 16.7 Å². The minimum absolute atomic E-state index is 0.741. The van der Waals surface area contributed by atoms with Gasteiger partial charge in [-0.05, 0) is 55.3 Å². The highest BCUT2D eigenvalue weighted by molar-refractivity contribution is 5.67. The van der Waals surface area contributed by atoms with Crippen LogP contribution in [0.4, 0.5) is 17.2 Å². The lowest BCUT2D eigenvalue weighted by Crippen LogP contribution is -2.10. The first-order valence-electron chi connectivity index (χ1n) is 7.98. The van der Waals surface area contributed by atoms with E-state index in [0.29, 0.717) is 0 Å². The predicted molar refractivity (Wildman–Crippen MR) is 97.1 cm³/mol. The third-order valence-electron chi connectivity index (χ3n) is 4.17. The molecule has 0 radical (unpaired) electrons. The van der Waals surface area contributed by atoms with Crippen LogP contribution < -0.4 is 16.2 Å². The van der Waals surface area contributed by atoms with Gasteiger partial charge in [-0.1, -0.05) is 17.7 Å². The summed E-state index contributed by atoms with van der Waals surface area (Å²) in [5.74, 6) is 1.53. The summed E-state index contributed by atoms with van der Waals surface area (Å²) in [6, 6.07) is 14.5. The van der Waals surface area contributed by atoms with Crippen molar-refractivity contribution in [1.82, 2.24) is 15.4 Å². The van der Waals surface area contributed by atoms with E-state index < -0.39 is 0 Å². The SMILES string of the molecule is Cc1ccc(C)c(-c2nccc(Nc3ccc4c(c3)CNN4)n2)c1. The largest absolute Gasteiger partial charge is 0.340 e. The smallest absolute Gasteiger partial charge is 0.161 e. The topological polar surface area (TPSA) is 61.9 Å². The summed E-state index contributed by atoms with van der Waals surface area (Å²) in [6.07, 6.45) is 1.79. The summed E-state index contributed by atoms with van der Waals surface area (Å²) >= 11 is 0. The maximum atomic E-state index is 4.68. The Morgan fingerprint density at radius 3 is 2.88 bits per heavy atom. The third kappa shape index (κ3) is 2.81. The van der Waals surface area contributed by atoms with Gasteiger partial charge in [0.25, 0.3) is 0 Å². The van der Waals surface area contributed by atoms with E-state index in [1.807, 2.05) is 12.1 Å². The summed E-state index contributed by atoms with van der Waals surface area (Å²) in [5, 5.41) is 3.37. The van der Waals surface area contributed by atoms with Crippen LogP contribution >= 0.6 is 0 Å². The molecule has 1 aliphatic heterocycles. The Morgan fingerprint density at radius 1 is 1.04 bits per heavy atom. The summed E-state index contributed by atoms with van der Waals surface area (Å²) in [7, 11) is 0. The van der Waals surface area contributed by atoms with Crippen LogP contribution in [-0.4, -0.2) is 9.97 Å². The molecule has 1 aliphatic rings. The van der Waals surface area contributed by atoms with Gasteiger partial charge in [-0.3, -0.25) is 0 Å². The lowest BCUT2D eigenvalue weighted by molar-refractivity contribution is 0.860. The summed E-state index contributed by atoms with van der Waals surface area (Å²) < 4.78 is 0. The van der Waals surface area contributed by atoms with E-state index >= 15 is 0 Å². The minimum atomic E-state index is 0.741. The molecular weight excluding hydrogens is 298 g/mol. The van der Waals surface area contributed by atoms with Gasteiger partial charge in [-0.25, -0.2) is 15.4 Å². The van der Waals surface area contributed by atoms with Crippen molar-refractivity contribution >= 4 is 17.2 Å². The molecule has 120 valence electrons. The maximum Gasteiger partial charge on any atom is 0.161 e. The van der Waals surface area contributed by atoms with Crippen molar-refractivity contribution in [2.45, 2.75) is 20.4 Å². The van der Waals surface area contributed by atoms with E-state index in [-0.39, 0.29) is 0 Å². The quantitative estimate of drug-likeness (QED) is 0.683. The van der Waals surface area contributed by atoms with Gasteiger partial charge in [0.2, 0.25) is 0 Å². The second kappa shape index (κ2) is 5.94. The van der Waals surface area contributed by atoms with Crippen LogP contribution in [0.25, 0.3) is 11.4 Å². The molecule has 0 fully saturated rings. The molecule has 0 spiro atoms. The second-order valence-electron chi connectivity index (χ2n) is 6.06. The number of aromatic nitrogens is 2. The molecule has 5 heteroatoms. The Balaban J connectivity index is 1.64. The van der Waals surface area contributed by atoms with Gasteiger partial charge in [0.1, 0.15) is 5.82 Å². The fourth-order valence-electron chi connectivity index (χ4n) is 2.86. The van der Waals surface area contributed by atoms with Crippen molar-refractivity contribution in [3.05, 3.63) is 65.4 Å². The molecule has 0 saturated carbocycles. The second-order valence-corrected chi connectivity index (χ2v) is 6.06. The average Bonchev–Trinajstić information content (AvgIpc) is 3.05. The fourth-order valence-corrected chi connectivity index (χ4v) is 2.86. The van der Waals surface area contributed by atoms with Crippen LogP contribution in [0.2, 0.25) is 0 Å². The highest BCUT2D eigenvalue weighted by atomic mass is 15.4. The number of nitrogens with zero attached hydrogens (tertiary/aromatic N) is 2. The predicted octanol–water partition coefficient (Wildman–Crippen LogP) is 3.93. The molecule has 0 unspecified atom stereocenters. The third-order valence-corrected chi connectivity index (χ3v) is 4.17. The normalized spacial score (nSPS) is 12.6. The Labute approximate surface area is 141 Å². The Kier molecular flexibility index (Phi) is 3.63. The van der Waals surface area contributed by atoms with E-state index in [1.54, 1.807) is 6.20 Å².